The Morgan fingerprint density at radius 1 is 0.947 bits per heavy atom. The van der Waals surface area contributed by atoms with Crippen molar-refractivity contribution in [2.45, 2.75) is 65.8 Å². The van der Waals surface area contributed by atoms with Crippen molar-refractivity contribution < 1.29 is 9.59 Å². The molecule has 0 aliphatic carbocycles. The topological polar surface area (TPSA) is 58.2 Å². The van der Waals surface area contributed by atoms with E-state index in [1.54, 1.807) is 0 Å². The van der Waals surface area contributed by atoms with Crippen molar-refractivity contribution in [3.05, 3.63) is 0 Å². The smallest absolute Gasteiger partial charge is 0.233 e. The highest BCUT2D eigenvalue weighted by molar-refractivity contribution is 5.80. The minimum absolute atomic E-state index is 0.0590. The van der Waals surface area contributed by atoms with Gasteiger partial charge in [0, 0.05) is 24.9 Å². The maximum absolute atomic E-state index is 11.4. The van der Waals surface area contributed by atoms with Crippen LogP contribution in [0.1, 0.15) is 59.8 Å². The summed E-state index contributed by atoms with van der Waals surface area (Å²) in [5.74, 6) is 0.574. The van der Waals surface area contributed by atoms with E-state index in [0.717, 1.165) is 32.2 Å². The van der Waals surface area contributed by atoms with Crippen molar-refractivity contribution in [1.29, 1.82) is 0 Å². The standard InChI is InChI=1S/C15H30N2O2/c1-12(2)14(18)9-7-5-6-8-10-16-15(19)11-17-13(3)4/h12-13,17H,5-11H2,1-4H3,(H,16,19). The van der Waals surface area contributed by atoms with Crippen LogP contribution in [0.15, 0.2) is 0 Å². The van der Waals surface area contributed by atoms with Gasteiger partial charge in [-0.3, -0.25) is 9.59 Å². The predicted octanol–water partition coefficient (Wildman–Crippen LogP) is 2.28. The van der Waals surface area contributed by atoms with Crippen LogP contribution in [0.3, 0.4) is 0 Å². The van der Waals surface area contributed by atoms with Crippen LogP contribution in [-0.4, -0.2) is 30.8 Å². The first-order valence-corrected chi connectivity index (χ1v) is 7.46. The van der Waals surface area contributed by atoms with Crippen LogP contribution in [0.5, 0.6) is 0 Å². The van der Waals surface area contributed by atoms with E-state index in [-0.39, 0.29) is 11.8 Å². The largest absolute Gasteiger partial charge is 0.355 e. The number of ketones is 1. The van der Waals surface area contributed by atoms with E-state index >= 15 is 0 Å². The maximum atomic E-state index is 11.4. The van der Waals surface area contributed by atoms with Gasteiger partial charge in [-0.1, -0.05) is 40.5 Å². The molecule has 0 radical (unpaired) electrons. The summed E-state index contributed by atoms with van der Waals surface area (Å²) in [6.45, 7) is 9.06. The molecule has 0 unspecified atom stereocenters. The number of carbonyl (C=O) groups is 2. The van der Waals surface area contributed by atoms with Gasteiger partial charge in [-0.15, -0.1) is 0 Å². The quantitative estimate of drug-likeness (QED) is 0.566. The predicted molar refractivity (Wildman–Crippen MR) is 79.1 cm³/mol. The Hall–Kier alpha value is -0.900. The Labute approximate surface area is 117 Å². The molecule has 1 amide bonds. The normalized spacial score (nSPS) is 11.1. The molecule has 0 aromatic heterocycles. The molecule has 19 heavy (non-hydrogen) atoms. The second-order valence-corrected chi connectivity index (χ2v) is 5.67. The van der Waals surface area contributed by atoms with Crippen LogP contribution in [0, 0.1) is 5.92 Å². The third-order valence-corrected chi connectivity index (χ3v) is 2.99. The Kier molecular flexibility index (Phi) is 10.5. The molecule has 0 spiro atoms. The first kappa shape index (κ1) is 18.1. The molecule has 0 aromatic carbocycles. The first-order chi connectivity index (χ1) is 8.93. The summed E-state index contributed by atoms with van der Waals surface area (Å²) in [5, 5.41) is 5.97. The fourth-order valence-electron chi connectivity index (χ4n) is 1.65. The van der Waals surface area contributed by atoms with Crippen LogP contribution in [0.4, 0.5) is 0 Å². The minimum atomic E-state index is 0.0590. The molecule has 0 heterocycles. The van der Waals surface area contributed by atoms with E-state index < -0.39 is 0 Å². The molecule has 0 saturated carbocycles. The fourth-order valence-corrected chi connectivity index (χ4v) is 1.65. The summed E-state index contributed by atoms with van der Waals surface area (Å²) in [6.07, 6.45) is 4.80. The lowest BCUT2D eigenvalue weighted by Gasteiger charge is -2.08. The molecule has 0 atom stereocenters. The number of amides is 1. The highest BCUT2D eigenvalue weighted by Crippen LogP contribution is 2.07. The van der Waals surface area contributed by atoms with Crippen LogP contribution in [0.25, 0.3) is 0 Å². The fraction of sp³-hybridized carbons (Fsp3) is 0.867. The van der Waals surface area contributed by atoms with Gasteiger partial charge in [-0.25, -0.2) is 0 Å². The van der Waals surface area contributed by atoms with Gasteiger partial charge < -0.3 is 10.6 Å². The number of nitrogens with one attached hydrogen (secondary N) is 2. The molecule has 0 aliphatic rings. The van der Waals surface area contributed by atoms with Crippen molar-refractivity contribution in [2.24, 2.45) is 5.92 Å². The van der Waals surface area contributed by atoms with Gasteiger partial charge in [0.2, 0.25) is 5.91 Å². The molecule has 0 rings (SSSR count). The lowest BCUT2D eigenvalue weighted by atomic mass is 10.0. The van der Waals surface area contributed by atoms with Gasteiger partial charge in [0.05, 0.1) is 6.54 Å². The van der Waals surface area contributed by atoms with E-state index in [1.165, 1.54) is 0 Å². The molecule has 0 fully saturated rings. The first-order valence-electron chi connectivity index (χ1n) is 7.46. The number of hydrogen-bond donors (Lipinski definition) is 2. The molecular formula is C15H30N2O2. The van der Waals surface area contributed by atoms with Crippen molar-refractivity contribution in [2.75, 3.05) is 13.1 Å². The highest BCUT2D eigenvalue weighted by Gasteiger charge is 2.06. The molecule has 0 saturated heterocycles. The second-order valence-electron chi connectivity index (χ2n) is 5.67. The number of unbranched alkanes of at least 4 members (excludes halogenated alkanes) is 3. The monoisotopic (exact) mass is 270 g/mol. The molecule has 2 N–H and O–H groups in total. The molecular weight excluding hydrogens is 240 g/mol. The SMILES string of the molecule is CC(C)NCC(=O)NCCCCCCC(=O)C(C)C. The lowest BCUT2D eigenvalue weighted by Crippen LogP contribution is -2.37. The van der Waals surface area contributed by atoms with Crippen molar-refractivity contribution in [1.82, 2.24) is 10.6 Å². The third-order valence-electron chi connectivity index (χ3n) is 2.99. The molecule has 112 valence electrons. The number of hydrogen-bond acceptors (Lipinski definition) is 3. The number of Topliss-reactive ketones (excluding diaryl/α,β-unsaturated/α-hetero) is 1. The van der Waals surface area contributed by atoms with E-state index in [1.807, 2.05) is 27.7 Å². The average Bonchev–Trinajstić information content (AvgIpc) is 2.34. The highest BCUT2D eigenvalue weighted by atomic mass is 16.2. The molecule has 0 bridgehead atoms. The summed E-state index contributed by atoms with van der Waals surface area (Å²) in [4.78, 5) is 22.8. The van der Waals surface area contributed by atoms with E-state index in [0.29, 0.717) is 24.8 Å². The lowest BCUT2D eigenvalue weighted by molar-refractivity contribution is -0.122. The zero-order valence-corrected chi connectivity index (χ0v) is 12.9. The summed E-state index contributed by atoms with van der Waals surface area (Å²) in [5.41, 5.74) is 0. The van der Waals surface area contributed by atoms with Crippen LogP contribution in [-0.2, 0) is 9.59 Å². The van der Waals surface area contributed by atoms with Gasteiger partial charge in [0.1, 0.15) is 5.78 Å². The summed E-state index contributed by atoms with van der Waals surface area (Å²) >= 11 is 0. The van der Waals surface area contributed by atoms with Crippen LogP contribution >= 0.6 is 0 Å². The number of carbonyl (C=O) groups excluding carboxylic acids is 2. The Balaban J connectivity index is 3.31. The van der Waals surface area contributed by atoms with Gasteiger partial charge in [-0.05, 0) is 12.8 Å². The molecule has 4 nitrogen and oxygen atoms in total. The molecule has 0 aliphatic heterocycles. The van der Waals surface area contributed by atoms with Gasteiger partial charge in [-0.2, -0.15) is 0 Å². The van der Waals surface area contributed by atoms with Crippen LogP contribution in [0.2, 0.25) is 0 Å². The summed E-state index contributed by atoms with van der Waals surface area (Å²) < 4.78 is 0. The average molecular weight is 270 g/mol. The maximum Gasteiger partial charge on any atom is 0.233 e. The zero-order chi connectivity index (χ0) is 14.7. The van der Waals surface area contributed by atoms with Gasteiger partial charge >= 0.3 is 0 Å². The van der Waals surface area contributed by atoms with Crippen LogP contribution < -0.4 is 10.6 Å². The Morgan fingerprint density at radius 3 is 2.16 bits per heavy atom. The van der Waals surface area contributed by atoms with Crippen molar-refractivity contribution in [3.8, 4) is 0 Å². The van der Waals surface area contributed by atoms with E-state index in [9.17, 15) is 9.59 Å². The van der Waals surface area contributed by atoms with Crippen molar-refractivity contribution in [3.63, 3.8) is 0 Å². The second kappa shape index (κ2) is 11.0. The minimum Gasteiger partial charge on any atom is -0.355 e. The third kappa shape index (κ3) is 11.9. The molecule has 0 aromatic rings. The van der Waals surface area contributed by atoms with Gasteiger partial charge in [0.25, 0.3) is 0 Å². The Bertz CT molecular complexity index is 263. The molecule has 4 heteroatoms. The van der Waals surface area contributed by atoms with E-state index in [2.05, 4.69) is 10.6 Å². The summed E-state index contributed by atoms with van der Waals surface area (Å²) in [7, 11) is 0. The zero-order valence-electron chi connectivity index (χ0n) is 12.9. The number of rotatable bonds is 11. The Morgan fingerprint density at radius 2 is 1.58 bits per heavy atom. The van der Waals surface area contributed by atoms with Gasteiger partial charge in [0.15, 0.2) is 0 Å². The van der Waals surface area contributed by atoms with Crippen molar-refractivity contribution >= 4 is 11.7 Å². The van der Waals surface area contributed by atoms with E-state index in [4.69, 9.17) is 0 Å². The summed E-state index contributed by atoms with van der Waals surface area (Å²) in [6, 6.07) is 0.337.